The average molecular weight is 468 g/mol. The van der Waals surface area contributed by atoms with Crippen LogP contribution >= 0.6 is 12.2 Å². The van der Waals surface area contributed by atoms with Gasteiger partial charge in [0.1, 0.15) is 0 Å². The normalized spacial score (nSPS) is 17.8. The Kier molecular flexibility index (Phi) is 5.92. The van der Waals surface area contributed by atoms with Gasteiger partial charge < -0.3 is 14.8 Å². The van der Waals surface area contributed by atoms with Gasteiger partial charge in [-0.25, -0.2) is 0 Å². The lowest BCUT2D eigenvalue weighted by Gasteiger charge is -2.28. The van der Waals surface area contributed by atoms with Crippen LogP contribution in [0.3, 0.4) is 0 Å². The molecule has 1 aromatic carbocycles. The van der Waals surface area contributed by atoms with Crippen LogP contribution < -0.4 is 5.32 Å². The summed E-state index contributed by atoms with van der Waals surface area (Å²) in [6.45, 7) is 9.37. The third kappa shape index (κ3) is 4.10. The summed E-state index contributed by atoms with van der Waals surface area (Å²) >= 11 is 5.86. The Morgan fingerprint density at radius 1 is 0.941 bits per heavy atom. The van der Waals surface area contributed by atoms with E-state index in [1.54, 1.807) is 6.20 Å². The summed E-state index contributed by atoms with van der Waals surface area (Å²) in [6, 6.07) is 19.1. The monoisotopic (exact) mass is 467 g/mol. The molecule has 0 radical (unpaired) electrons. The van der Waals surface area contributed by atoms with E-state index in [9.17, 15) is 0 Å². The standard InChI is InChI=1S/C28H29N5S/c1-18-12-19(2)14-23(13-18)33-20(3)15-24(21(33)4)27-26(25-9-5-6-11-30-25)31-28(34)32(27)17-22-8-7-10-29-16-22/h5-16,26-27H,17H2,1-4H3,(H,31,34). The molecule has 3 aromatic heterocycles. The summed E-state index contributed by atoms with van der Waals surface area (Å²) < 4.78 is 2.36. The Bertz CT molecular complexity index is 1310. The molecular formula is C28H29N5S. The number of benzene rings is 1. The van der Waals surface area contributed by atoms with Crippen LogP contribution in [0.4, 0.5) is 0 Å². The molecule has 2 unspecified atom stereocenters. The number of rotatable bonds is 5. The van der Waals surface area contributed by atoms with Crippen molar-refractivity contribution in [2.75, 3.05) is 0 Å². The predicted molar refractivity (Wildman–Crippen MR) is 140 cm³/mol. The van der Waals surface area contributed by atoms with E-state index in [0.29, 0.717) is 6.54 Å². The first kappa shape index (κ1) is 22.3. The lowest BCUT2D eigenvalue weighted by molar-refractivity contribution is 0.310. The van der Waals surface area contributed by atoms with Gasteiger partial charge in [0, 0.05) is 42.2 Å². The van der Waals surface area contributed by atoms with E-state index >= 15 is 0 Å². The Morgan fingerprint density at radius 2 is 1.74 bits per heavy atom. The van der Waals surface area contributed by atoms with Crippen LogP contribution in [0, 0.1) is 27.7 Å². The first-order valence-corrected chi connectivity index (χ1v) is 12.0. The highest BCUT2D eigenvalue weighted by Gasteiger charge is 2.41. The van der Waals surface area contributed by atoms with E-state index in [2.05, 4.69) is 88.8 Å². The van der Waals surface area contributed by atoms with E-state index in [0.717, 1.165) is 16.4 Å². The van der Waals surface area contributed by atoms with Crippen LogP contribution in [0.5, 0.6) is 0 Å². The van der Waals surface area contributed by atoms with Crippen LogP contribution in [-0.4, -0.2) is 24.5 Å². The molecule has 4 aromatic rings. The minimum Gasteiger partial charge on any atom is -0.352 e. The van der Waals surface area contributed by atoms with Crippen molar-refractivity contribution in [1.29, 1.82) is 0 Å². The van der Waals surface area contributed by atoms with Crippen LogP contribution in [0.1, 0.15) is 51.4 Å². The SMILES string of the molecule is Cc1cc(C)cc(-n2c(C)cc(C3C(c4ccccn4)NC(=S)N3Cc3cccnc3)c2C)c1. The number of thiocarbonyl (C=S) groups is 1. The molecule has 1 saturated heterocycles. The molecule has 1 aliphatic rings. The third-order valence-electron chi connectivity index (χ3n) is 6.53. The second-order valence-electron chi connectivity index (χ2n) is 9.12. The molecule has 0 saturated carbocycles. The van der Waals surface area contributed by atoms with Gasteiger partial charge in [-0.3, -0.25) is 9.97 Å². The van der Waals surface area contributed by atoms with Gasteiger partial charge in [0.15, 0.2) is 5.11 Å². The summed E-state index contributed by atoms with van der Waals surface area (Å²) in [5.41, 5.74) is 9.51. The minimum atomic E-state index is -0.0430. The van der Waals surface area contributed by atoms with Crippen molar-refractivity contribution in [3.63, 3.8) is 0 Å². The smallest absolute Gasteiger partial charge is 0.170 e. The first-order chi connectivity index (χ1) is 16.4. The third-order valence-corrected chi connectivity index (χ3v) is 6.88. The van der Waals surface area contributed by atoms with Crippen LogP contribution in [0.25, 0.3) is 5.69 Å². The van der Waals surface area contributed by atoms with Crippen LogP contribution in [-0.2, 0) is 6.54 Å². The van der Waals surface area contributed by atoms with E-state index in [-0.39, 0.29) is 12.1 Å². The topological polar surface area (TPSA) is 46.0 Å². The largest absolute Gasteiger partial charge is 0.352 e. The molecule has 172 valence electrons. The fourth-order valence-electron chi connectivity index (χ4n) is 5.17. The van der Waals surface area contributed by atoms with Gasteiger partial charge >= 0.3 is 0 Å². The van der Waals surface area contributed by atoms with E-state index in [4.69, 9.17) is 12.2 Å². The maximum absolute atomic E-state index is 5.86. The molecule has 34 heavy (non-hydrogen) atoms. The Morgan fingerprint density at radius 3 is 2.41 bits per heavy atom. The molecule has 5 rings (SSSR count). The molecule has 1 N–H and O–H groups in total. The summed E-state index contributed by atoms with van der Waals surface area (Å²) in [7, 11) is 0. The molecule has 0 bridgehead atoms. The lowest BCUT2D eigenvalue weighted by atomic mass is 9.96. The van der Waals surface area contributed by atoms with Gasteiger partial charge in [0.05, 0.1) is 17.8 Å². The quantitative estimate of drug-likeness (QED) is 0.383. The Hall–Kier alpha value is -3.51. The zero-order chi connectivity index (χ0) is 23.8. The van der Waals surface area contributed by atoms with Crippen molar-refractivity contribution in [3.05, 3.63) is 113 Å². The zero-order valence-corrected chi connectivity index (χ0v) is 20.8. The van der Waals surface area contributed by atoms with Gasteiger partial charge in [-0.1, -0.05) is 18.2 Å². The fraction of sp³-hybridized carbons (Fsp3) is 0.250. The number of aryl methyl sites for hydroxylation is 3. The highest BCUT2D eigenvalue weighted by molar-refractivity contribution is 7.80. The number of nitrogens with zero attached hydrogens (tertiary/aromatic N) is 4. The highest BCUT2D eigenvalue weighted by atomic mass is 32.1. The first-order valence-electron chi connectivity index (χ1n) is 11.6. The number of hydrogen-bond donors (Lipinski definition) is 1. The average Bonchev–Trinajstić information content (AvgIpc) is 3.29. The van der Waals surface area contributed by atoms with Gasteiger partial charge in [-0.2, -0.15) is 0 Å². The second-order valence-corrected chi connectivity index (χ2v) is 9.51. The minimum absolute atomic E-state index is 0.00784. The van der Waals surface area contributed by atoms with E-state index in [1.807, 2.05) is 30.6 Å². The lowest BCUT2D eigenvalue weighted by Crippen LogP contribution is -2.29. The maximum atomic E-state index is 5.86. The van der Waals surface area contributed by atoms with Crippen molar-refractivity contribution in [2.24, 2.45) is 0 Å². The number of aromatic nitrogens is 3. The van der Waals surface area contributed by atoms with E-state index < -0.39 is 0 Å². The van der Waals surface area contributed by atoms with Gasteiger partial charge in [-0.15, -0.1) is 0 Å². The van der Waals surface area contributed by atoms with Crippen LogP contribution in [0.15, 0.2) is 73.2 Å². The van der Waals surface area contributed by atoms with Crippen molar-refractivity contribution in [2.45, 2.75) is 46.3 Å². The van der Waals surface area contributed by atoms with Crippen LogP contribution in [0.2, 0.25) is 0 Å². The predicted octanol–water partition coefficient (Wildman–Crippen LogP) is 5.67. The van der Waals surface area contributed by atoms with Crippen molar-refractivity contribution >= 4 is 17.3 Å². The highest BCUT2D eigenvalue weighted by Crippen LogP contribution is 2.42. The fourth-order valence-corrected chi connectivity index (χ4v) is 5.47. The van der Waals surface area contributed by atoms with Gasteiger partial charge in [-0.05, 0) is 98.6 Å². The molecule has 4 heterocycles. The summed E-state index contributed by atoms with van der Waals surface area (Å²) in [4.78, 5) is 11.3. The molecule has 5 nitrogen and oxygen atoms in total. The number of nitrogens with one attached hydrogen (secondary N) is 1. The molecular weight excluding hydrogens is 438 g/mol. The maximum Gasteiger partial charge on any atom is 0.170 e. The van der Waals surface area contributed by atoms with E-state index in [1.165, 1.54) is 33.8 Å². The summed E-state index contributed by atoms with van der Waals surface area (Å²) in [5, 5.41) is 4.30. The molecule has 1 aliphatic heterocycles. The molecule has 2 atom stereocenters. The van der Waals surface area contributed by atoms with Crippen molar-refractivity contribution < 1.29 is 0 Å². The molecule has 0 amide bonds. The molecule has 1 fully saturated rings. The Labute approximate surface area is 206 Å². The van der Waals surface area contributed by atoms with Crippen molar-refractivity contribution in [3.8, 4) is 5.69 Å². The second kappa shape index (κ2) is 9.03. The van der Waals surface area contributed by atoms with Gasteiger partial charge in [0.25, 0.3) is 0 Å². The summed E-state index contributed by atoms with van der Waals surface area (Å²) in [6.07, 6.45) is 5.56. The number of pyridine rings is 2. The van der Waals surface area contributed by atoms with Gasteiger partial charge in [0.2, 0.25) is 0 Å². The molecule has 6 heteroatoms. The molecule has 0 aliphatic carbocycles. The zero-order valence-electron chi connectivity index (χ0n) is 20.0. The molecule has 0 spiro atoms. The number of hydrogen-bond acceptors (Lipinski definition) is 3. The summed E-state index contributed by atoms with van der Waals surface area (Å²) in [5.74, 6) is 0. The van der Waals surface area contributed by atoms with Crippen molar-refractivity contribution in [1.82, 2.24) is 24.8 Å². The Balaban J connectivity index is 1.63.